The fourth-order valence-corrected chi connectivity index (χ4v) is 4.57. The number of sulfonamides is 1. The van der Waals surface area contributed by atoms with Gasteiger partial charge in [-0.2, -0.15) is 4.31 Å². The number of ether oxygens (including phenoxy) is 1. The van der Waals surface area contributed by atoms with Gasteiger partial charge in [-0.3, -0.25) is 0 Å². The molecule has 0 spiro atoms. The highest BCUT2D eigenvalue weighted by Gasteiger charge is 2.32. The molecule has 0 radical (unpaired) electrons. The van der Waals surface area contributed by atoms with Gasteiger partial charge in [0, 0.05) is 18.5 Å². The lowest BCUT2D eigenvalue weighted by atomic mass is 10.1. The van der Waals surface area contributed by atoms with Crippen LogP contribution in [0.15, 0.2) is 23.1 Å². The molecule has 1 saturated heterocycles. The Hall–Kier alpha value is -0.780. The fourth-order valence-electron chi connectivity index (χ4n) is 2.56. The lowest BCUT2D eigenvalue weighted by molar-refractivity contribution is 0.267. The minimum absolute atomic E-state index is 0.0335. The number of nitrogens with zero attached hydrogens (tertiary/aromatic N) is 1. The van der Waals surface area contributed by atoms with Gasteiger partial charge >= 0.3 is 0 Å². The number of halogens is 1. The van der Waals surface area contributed by atoms with Crippen LogP contribution in [0.3, 0.4) is 0 Å². The van der Waals surface area contributed by atoms with E-state index in [9.17, 15) is 8.42 Å². The first-order valence-corrected chi connectivity index (χ1v) is 8.73. The van der Waals surface area contributed by atoms with Crippen LogP contribution in [0, 0.1) is 0 Å². The topological polar surface area (TPSA) is 46.6 Å². The van der Waals surface area contributed by atoms with Crippen molar-refractivity contribution in [3.8, 4) is 5.75 Å². The Morgan fingerprint density at radius 3 is 2.75 bits per heavy atom. The Bertz CT molecular complexity index is 574. The van der Waals surface area contributed by atoms with Crippen molar-refractivity contribution < 1.29 is 13.2 Å². The van der Waals surface area contributed by atoms with E-state index >= 15 is 0 Å². The molecule has 1 atom stereocenters. The van der Waals surface area contributed by atoms with Gasteiger partial charge in [0.2, 0.25) is 10.0 Å². The number of hydrogen-bond acceptors (Lipinski definition) is 3. The van der Waals surface area contributed by atoms with Gasteiger partial charge in [0.25, 0.3) is 0 Å². The summed E-state index contributed by atoms with van der Waals surface area (Å²) in [6.07, 6.45) is 2.89. The van der Waals surface area contributed by atoms with Crippen LogP contribution >= 0.6 is 11.6 Å². The summed E-state index contributed by atoms with van der Waals surface area (Å²) < 4.78 is 32.4. The third kappa shape index (κ3) is 2.95. The standard InChI is InChI=1S/C14H20ClNO3S/c1-11-5-3-4-8-16(11)20(17,18)14-7-6-12(10-15)9-13(14)19-2/h6-7,9,11H,3-5,8,10H2,1-2H3. The summed E-state index contributed by atoms with van der Waals surface area (Å²) in [5, 5.41) is 0. The van der Waals surface area contributed by atoms with Crippen molar-refractivity contribution in [2.75, 3.05) is 13.7 Å². The van der Waals surface area contributed by atoms with E-state index in [1.807, 2.05) is 6.92 Å². The average Bonchev–Trinajstić information content (AvgIpc) is 2.46. The first kappa shape index (κ1) is 15.6. The van der Waals surface area contributed by atoms with Crippen molar-refractivity contribution in [1.29, 1.82) is 0 Å². The van der Waals surface area contributed by atoms with Crippen LogP contribution in [0.25, 0.3) is 0 Å². The fraction of sp³-hybridized carbons (Fsp3) is 0.571. The maximum Gasteiger partial charge on any atom is 0.246 e. The van der Waals surface area contributed by atoms with Crippen molar-refractivity contribution in [3.63, 3.8) is 0 Å². The molecule has 0 aliphatic carbocycles. The molecular formula is C14H20ClNO3S. The highest BCUT2D eigenvalue weighted by molar-refractivity contribution is 7.89. The first-order chi connectivity index (χ1) is 9.50. The number of piperidine rings is 1. The van der Waals surface area contributed by atoms with Crippen molar-refractivity contribution in [2.24, 2.45) is 0 Å². The zero-order valence-electron chi connectivity index (χ0n) is 11.8. The van der Waals surface area contributed by atoms with Crippen LogP contribution in [0.4, 0.5) is 0 Å². The molecule has 1 aliphatic rings. The summed E-state index contributed by atoms with van der Waals surface area (Å²) in [6.45, 7) is 2.53. The monoisotopic (exact) mass is 317 g/mol. The molecule has 6 heteroatoms. The summed E-state index contributed by atoms with van der Waals surface area (Å²) >= 11 is 5.78. The highest BCUT2D eigenvalue weighted by Crippen LogP contribution is 2.31. The minimum atomic E-state index is -3.51. The van der Waals surface area contributed by atoms with Gasteiger partial charge in [-0.1, -0.05) is 12.5 Å². The van der Waals surface area contributed by atoms with Crippen molar-refractivity contribution >= 4 is 21.6 Å². The molecule has 0 aromatic heterocycles. The van der Waals surface area contributed by atoms with Crippen molar-refractivity contribution in [1.82, 2.24) is 4.31 Å². The van der Waals surface area contributed by atoms with Gasteiger partial charge in [-0.15, -0.1) is 11.6 Å². The summed E-state index contributed by atoms with van der Waals surface area (Å²) in [4.78, 5) is 0.225. The van der Waals surface area contributed by atoms with Crippen molar-refractivity contribution in [3.05, 3.63) is 23.8 Å². The van der Waals surface area contributed by atoms with Crippen LogP contribution in [0.1, 0.15) is 31.7 Å². The van der Waals surface area contributed by atoms with E-state index in [0.29, 0.717) is 18.2 Å². The number of benzene rings is 1. The Kier molecular flexibility index (Phi) is 4.94. The van der Waals surface area contributed by atoms with Crippen LogP contribution in [0.5, 0.6) is 5.75 Å². The SMILES string of the molecule is COc1cc(CCl)ccc1S(=O)(=O)N1CCCCC1C. The molecule has 0 bridgehead atoms. The van der Waals surface area contributed by atoms with Crippen molar-refractivity contribution in [2.45, 2.75) is 43.0 Å². The predicted octanol–water partition coefficient (Wildman–Crippen LogP) is 3.00. The lowest BCUT2D eigenvalue weighted by Gasteiger charge is -2.32. The summed E-state index contributed by atoms with van der Waals surface area (Å²) in [5.74, 6) is 0.692. The Morgan fingerprint density at radius 2 is 2.15 bits per heavy atom. The summed E-state index contributed by atoms with van der Waals surface area (Å²) in [6, 6.07) is 5.05. The number of methoxy groups -OCH3 is 1. The maximum atomic E-state index is 12.8. The van der Waals surface area contributed by atoms with Crippen LogP contribution in [0.2, 0.25) is 0 Å². The van der Waals surface area contributed by atoms with Gasteiger partial charge < -0.3 is 4.74 Å². The molecule has 1 unspecified atom stereocenters. The molecule has 1 aromatic rings. The maximum absolute atomic E-state index is 12.8. The average molecular weight is 318 g/mol. The molecule has 0 saturated carbocycles. The summed E-state index contributed by atoms with van der Waals surface area (Å²) in [5.41, 5.74) is 0.842. The van der Waals surface area contributed by atoms with E-state index in [1.165, 1.54) is 7.11 Å². The second-order valence-electron chi connectivity index (χ2n) is 5.08. The van der Waals surface area contributed by atoms with E-state index in [1.54, 1.807) is 22.5 Å². The van der Waals surface area contributed by atoms with Gasteiger partial charge in [0.1, 0.15) is 10.6 Å². The lowest BCUT2D eigenvalue weighted by Crippen LogP contribution is -2.42. The number of rotatable bonds is 4. The van der Waals surface area contributed by atoms with E-state index < -0.39 is 10.0 Å². The molecule has 1 aromatic carbocycles. The quantitative estimate of drug-likeness (QED) is 0.802. The molecule has 4 nitrogen and oxygen atoms in total. The van der Waals surface area contributed by atoms with E-state index in [-0.39, 0.29) is 10.9 Å². The van der Waals surface area contributed by atoms with Gasteiger partial charge in [-0.25, -0.2) is 8.42 Å². The third-order valence-corrected chi connectivity index (χ3v) is 6.07. The third-order valence-electron chi connectivity index (χ3n) is 3.71. The molecule has 20 heavy (non-hydrogen) atoms. The molecule has 1 fully saturated rings. The molecule has 0 amide bonds. The van der Waals surface area contributed by atoms with Gasteiger partial charge in [0.05, 0.1) is 7.11 Å². The van der Waals surface area contributed by atoms with Gasteiger partial charge in [0.15, 0.2) is 0 Å². The molecule has 1 heterocycles. The first-order valence-electron chi connectivity index (χ1n) is 6.75. The zero-order valence-corrected chi connectivity index (χ0v) is 13.4. The Balaban J connectivity index is 2.43. The smallest absolute Gasteiger partial charge is 0.246 e. The predicted molar refractivity (Wildman–Crippen MR) is 79.8 cm³/mol. The van der Waals surface area contributed by atoms with Gasteiger partial charge in [-0.05, 0) is 37.5 Å². The zero-order chi connectivity index (χ0) is 14.8. The second-order valence-corrected chi connectivity index (χ2v) is 7.21. The minimum Gasteiger partial charge on any atom is -0.495 e. The molecule has 0 N–H and O–H groups in total. The number of hydrogen-bond donors (Lipinski definition) is 0. The Labute approximate surface area is 125 Å². The molecular weight excluding hydrogens is 298 g/mol. The van der Waals surface area contributed by atoms with E-state index in [0.717, 1.165) is 24.8 Å². The number of alkyl halides is 1. The largest absolute Gasteiger partial charge is 0.495 e. The normalized spacial score (nSPS) is 20.9. The van der Waals surface area contributed by atoms with Crippen LogP contribution < -0.4 is 4.74 Å². The van der Waals surface area contributed by atoms with E-state index in [2.05, 4.69) is 0 Å². The molecule has 2 rings (SSSR count). The molecule has 1 aliphatic heterocycles. The van der Waals surface area contributed by atoms with Crippen LogP contribution in [-0.2, 0) is 15.9 Å². The Morgan fingerprint density at radius 1 is 1.40 bits per heavy atom. The second kappa shape index (κ2) is 6.33. The summed E-state index contributed by atoms with van der Waals surface area (Å²) in [7, 11) is -2.04. The van der Waals surface area contributed by atoms with E-state index in [4.69, 9.17) is 16.3 Å². The van der Waals surface area contributed by atoms with Crippen LogP contribution in [-0.4, -0.2) is 32.4 Å². The molecule has 112 valence electrons. The highest BCUT2D eigenvalue weighted by atomic mass is 35.5.